The Kier molecular flexibility index (Phi) is 8.08. The third-order valence-electron chi connectivity index (χ3n) is 7.17. The predicted octanol–water partition coefficient (Wildman–Crippen LogP) is 5.92. The molecule has 2 amide bonds. The van der Waals surface area contributed by atoms with Crippen LogP contribution in [0.1, 0.15) is 84.7 Å². The largest absolute Gasteiger partial charge is 0.477 e. The van der Waals surface area contributed by atoms with Crippen molar-refractivity contribution >= 4 is 34.8 Å². The van der Waals surface area contributed by atoms with E-state index < -0.39 is 5.97 Å². The normalized spacial score (nSPS) is 21.7. The lowest BCUT2D eigenvalue weighted by atomic mass is 9.82. The van der Waals surface area contributed by atoms with Gasteiger partial charge in [0.15, 0.2) is 0 Å². The lowest BCUT2D eigenvalue weighted by molar-refractivity contribution is -0.124. The lowest BCUT2D eigenvalue weighted by Gasteiger charge is -2.34. The Morgan fingerprint density at radius 1 is 1.05 bits per heavy atom. The number of hydrogen-bond acceptors (Lipinski definition) is 4. The fourth-order valence-electron chi connectivity index (χ4n) is 5.12. The lowest BCUT2D eigenvalue weighted by Crippen LogP contribution is -2.46. The summed E-state index contributed by atoms with van der Waals surface area (Å²) in [5.74, 6) is 5.60. The molecule has 6 nitrogen and oxygen atoms in total. The van der Waals surface area contributed by atoms with E-state index in [2.05, 4.69) is 18.8 Å². The van der Waals surface area contributed by atoms with Crippen LogP contribution in [0.5, 0.6) is 0 Å². The number of carbonyl (C=O) groups excluding carboxylic acids is 2. The molecule has 196 valence electrons. The first kappa shape index (κ1) is 26.9. The zero-order valence-electron chi connectivity index (χ0n) is 22.1. The van der Waals surface area contributed by atoms with Gasteiger partial charge in [0.25, 0.3) is 5.91 Å². The average molecular weight is 521 g/mol. The number of amides is 2. The quantitative estimate of drug-likeness (QED) is 0.497. The molecule has 2 heterocycles. The van der Waals surface area contributed by atoms with Gasteiger partial charge in [0.1, 0.15) is 4.88 Å². The monoisotopic (exact) mass is 520 g/mol. The number of thiophene rings is 1. The Morgan fingerprint density at radius 2 is 1.73 bits per heavy atom. The summed E-state index contributed by atoms with van der Waals surface area (Å²) in [6.45, 7) is 9.12. The van der Waals surface area contributed by atoms with Crippen LogP contribution in [0.4, 0.5) is 5.69 Å². The van der Waals surface area contributed by atoms with Crippen molar-refractivity contribution in [3.63, 3.8) is 0 Å². The van der Waals surface area contributed by atoms with Crippen molar-refractivity contribution < 1.29 is 19.5 Å². The van der Waals surface area contributed by atoms with Gasteiger partial charge in [-0.2, -0.15) is 0 Å². The van der Waals surface area contributed by atoms with E-state index in [9.17, 15) is 19.5 Å². The topological polar surface area (TPSA) is 77.9 Å². The number of nitrogens with zero attached hydrogens (tertiary/aromatic N) is 2. The minimum Gasteiger partial charge on any atom is -0.477 e. The molecule has 1 saturated heterocycles. The second-order valence-corrected chi connectivity index (χ2v) is 12.4. The predicted molar refractivity (Wildman–Crippen MR) is 147 cm³/mol. The van der Waals surface area contributed by atoms with Crippen molar-refractivity contribution in [2.75, 3.05) is 18.0 Å². The molecular weight excluding hydrogens is 484 g/mol. The molecule has 0 radical (unpaired) electrons. The third kappa shape index (κ3) is 6.42. The van der Waals surface area contributed by atoms with E-state index in [0.29, 0.717) is 41.6 Å². The van der Waals surface area contributed by atoms with Crippen LogP contribution in [0.25, 0.3) is 0 Å². The van der Waals surface area contributed by atoms with Crippen LogP contribution in [0.15, 0.2) is 36.4 Å². The second-order valence-electron chi connectivity index (χ2n) is 11.4. The number of carboxylic acids is 1. The average Bonchev–Trinajstić information content (AvgIpc) is 3.51. The van der Waals surface area contributed by atoms with E-state index in [0.717, 1.165) is 37.0 Å². The van der Waals surface area contributed by atoms with E-state index in [1.165, 1.54) is 0 Å². The van der Waals surface area contributed by atoms with Gasteiger partial charge in [0, 0.05) is 30.0 Å². The van der Waals surface area contributed by atoms with Gasteiger partial charge in [0.2, 0.25) is 5.91 Å². The smallest absolute Gasteiger partial charge is 0.348 e. The van der Waals surface area contributed by atoms with Gasteiger partial charge in [-0.05, 0) is 77.0 Å². The summed E-state index contributed by atoms with van der Waals surface area (Å²) in [7, 11) is 0. The molecule has 0 unspecified atom stereocenters. The molecule has 4 rings (SSSR count). The molecule has 2 fully saturated rings. The van der Waals surface area contributed by atoms with Crippen LogP contribution in [-0.2, 0) is 4.79 Å². The van der Waals surface area contributed by atoms with Crippen molar-refractivity contribution in [3.8, 4) is 11.8 Å². The summed E-state index contributed by atoms with van der Waals surface area (Å²) in [6.07, 6.45) is 4.19. The van der Waals surface area contributed by atoms with Gasteiger partial charge in [0.05, 0.1) is 16.6 Å². The molecule has 1 aromatic carbocycles. The second kappa shape index (κ2) is 11.1. The summed E-state index contributed by atoms with van der Waals surface area (Å²) in [5, 5.41) is 10.1. The number of aromatic carboxylic acids is 1. The first-order valence-corrected chi connectivity index (χ1v) is 13.9. The van der Waals surface area contributed by atoms with Gasteiger partial charge < -0.3 is 14.9 Å². The number of benzene rings is 1. The Balaban J connectivity index is 1.69. The molecule has 0 spiro atoms. The minimum atomic E-state index is -1.06. The molecule has 2 aliphatic rings. The summed E-state index contributed by atoms with van der Waals surface area (Å²) >= 11 is 1.12. The number of carboxylic acid groups (broad SMARTS) is 1. The van der Waals surface area contributed by atoms with E-state index in [-0.39, 0.29) is 34.1 Å². The summed E-state index contributed by atoms with van der Waals surface area (Å²) in [6, 6.07) is 10.6. The molecule has 0 bridgehead atoms. The Labute approximate surface area is 223 Å². The van der Waals surface area contributed by atoms with Gasteiger partial charge in [-0.25, -0.2) is 4.79 Å². The SMILES string of the molecule is CC1CCC(C(=O)N(c2cc(C#CC(C)(C)C)sc2C(=O)O)[C@H]2CCN(C(=O)c3ccccc3)C2)CC1. The van der Waals surface area contributed by atoms with Crippen molar-refractivity contribution in [1.82, 2.24) is 4.90 Å². The molecule has 1 aliphatic carbocycles. The highest BCUT2D eigenvalue weighted by Crippen LogP contribution is 2.38. The van der Waals surface area contributed by atoms with Crippen LogP contribution < -0.4 is 4.90 Å². The molecular formula is C30H36N2O4S. The maximum atomic E-state index is 14.0. The fraction of sp³-hybridized carbons (Fsp3) is 0.500. The molecule has 1 aliphatic heterocycles. The Morgan fingerprint density at radius 3 is 2.35 bits per heavy atom. The van der Waals surface area contributed by atoms with E-state index in [4.69, 9.17) is 0 Å². The molecule has 1 aromatic heterocycles. The molecule has 1 N–H and O–H groups in total. The van der Waals surface area contributed by atoms with E-state index >= 15 is 0 Å². The maximum Gasteiger partial charge on any atom is 0.348 e. The van der Waals surface area contributed by atoms with E-state index in [1.807, 2.05) is 39.0 Å². The summed E-state index contributed by atoms with van der Waals surface area (Å²) in [5.41, 5.74) is 0.799. The highest BCUT2D eigenvalue weighted by Gasteiger charge is 2.39. The van der Waals surface area contributed by atoms with Crippen molar-refractivity contribution in [2.24, 2.45) is 17.3 Å². The highest BCUT2D eigenvalue weighted by atomic mass is 32.1. The number of rotatable bonds is 5. The maximum absolute atomic E-state index is 14.0. The van der Waals surface area contributed by atoms with Gasteiger partial charge in [-0.15, -0.1) is 11.3 Å². The zero-order chi connectivity index (χ0) is 26.7. The molecule has 2 aromatic rings. The third-order valence-corrected chi connectivity index (χ3v) is 8.19. The van der Waals surface area contributed by atoms with Crippen molar-refractivity contribution in [3.05, 3.63) is 51.7 Å². The van der Waals surface area contributed by atoms with Crippen LogP contribution in [-0.4, -0.2) is 46.9 Å². The summed E-state index contributed by atoms with van der Waals surface area (Å²) < 4.78 is 0. The number of hydrogen-bond donors (Lipinski definition) is 1. The van der Waals surface area contributed by atoms with Crippen LogP contribution >= 0.6 is 11.3 Å². The number of carbonyl (C=O) groups is 3. The van der Waals surface area contributed by atoms with Gasteiger partial charge in [-0.3, -0.25) is 9.59 Å². The minimum absolute atomic E-state index is 0.0264. The molecule has 1 atom stereocenters. The number of likely N-dealkylation sites (tertiary alicyclic amines) is 1. The van der Waals surface area contributed by atoms with Gasteiger partial charge in [-0.1, -0.05) is 37.0 Å². The fourth-order valence-corrected chi connectivity index (χ4v) is 5.97. The summed E-state index contributed by atoms with van der Waals surface area (Å²) in [4.78, 5) is 43.7. The van der Waals surface area contributed by atoms with Gasteiger partial charge >= 0.3 is 5.97 Å². The molecule has 7 heteroatoms. The molecule has 1 saturated carbocycles. The highest BCUT2D eigenvalue weighted by molar-refractivity contribution is 7.15. The van der Waals surface area contributed by atoms with E-state index in [1.54, 1.807) is 28.0 Å². The molecule has 37 heavy (non-hydrogen) atoms. The van der Waals surface area contributed by atoms with Crippen molar-refractivity contribution in [1.29, 1.82) is 0 Å². The zero-order valence-corrected chi connectivity index (χ0v) is 22.9. The first-order chi connectivity index (χ1) is 17.5. The van der Waals surface area contributed by atoms with Crippen molar-refractivity contribution in [2.45, 2.75) is 65.8 Å². The standard InChI is InChI=1S/C30H36N2O4S/c1-20-10-12-22(13-11-20)28(34)32(23-15-17-31(19-23)27(33)21-8-6-5-7-9-21)25-18-24(14-16-30(2,3)4)37-26(25)29(35)36/h5-9,18,20,22-23H,10-13,15,17,19H2,1-4H3,(H,35,36)/t20?,22?,23-/m0/s1. The Hall–Kier alpha value is -3.11. The first-order valence-electron chi connectivity index (χ1n) is 13.1. The number of anilines is 1. The van der Waals surface area contributed by atoms with Crippen LogP contribution in [0, 0.1) is 29.1 Å². The van der Waals surface area contributed by atoms with Crippen LogP contribution in [0.3, 0.4) is 0 Å². The Bertz CT molecular complexity index is 1210. The van der Waals surface area contributed by atoms with Crippen LogP contribution in [0.2, 0.25) is 0 Å².